The smallest absolute Gasteiger partial charge is 0.214 e. The molecule has 1 aliphatic carbocycles. The molecule has 3 aromatic rings. The van der Waals surface area contributed by atoms with Crippen LogP contribution in [-0.4, -0.2) is 59.5 Å². The first kappa shape index (κ1) is 22.0. The van der Waals surface area contributed by atoms with E-state index in [9.17, 15) is 4.39 Å². The van der Waals surface area contributed by atoms with Gasteiger partial charge in [-0.15, -0.1) is 5.10 Å². The predicted molar refractivity (Wildman–Crippen MR) is 122 cm³/mol. The van der Waals surface area contributed by atoms with Crippen molar-refractivity contribution < 1.29 is 18.9 Å². The zero-order chi connectivity index (χ0) is 22.6. The first-order valence-electron chi connectivity index (χ1n) is 12.0. The van der Waals surface area contributed by atoms with Crippen molar-refractivity contribution in [2.24, 2.45) is 0 Å². The van der Waals surface area contributed by atoms with E-state index in [4.69, 9.17) is 4.74 Å². The number of halogens is 1. The summed E-state index contributed by atoms with van der Waals surface area (Å²) in [5, 5.41) is 12.8. The summed E-state index contributed by atoms with van der Waals surface area (Å²) in [6, 6.07) is 15.6. The first-order valence-corrected chi connectivity index (χ1v) is 12.0. The van der Waals surface area contributed by atoms with Gasteiger partial charge in [-0.3, -0.25) is 0 Å². The first-order chi connectivity index (χ1) is 16.2. The van der Waals surface area contributed by atoms with Crippen molar-refractivity contribution in [2.75, 3.05) is 33.3 Å². The Morgan fingerprint density at radius 1 is 1.00 bits per heavy atom. The Morgan fingerprint density at radius 3 is 2.36 bits per heavy atom. The van der Waals surface area contributed by atoms with Gasteiger partial charge < -0.3 is 14.5 Å². The molecule has 0 bridgehead atoms. The highest BCUT2D eigenvalue weighted by Gasteiger charge is 2.38. The summed E-state index contributed by atoms with van der Waals surface area (Å²) < 4.78 is 20.9. The SMILES string of the molecule is COc1ccc(Cn2nnnc2[C@@H](c2ccc(F)cc2)[NH+]2CC[NH+](C3CCCC3)CC2)cc1. The van der Waals surface area contributed by atoms with Gasteiger partial charge in [-0.05, 0) is 78.1 Å². The summed E-state index contributed by atoms with van der Waals surface area (Å²) in [4.78, 5) is 3.21. The topological polar surface area (TPSA) is 61.7 Å². The van der Waals surface area contributed by atoms with Crippen LogP contribution in [0.25, 0.3) is 0 Å². The van der Waals surface area contributed by atoms with Crippen LogP contribution in [0.5, 0.6) is 5.75 Å². The molecule has 1 saturated carbocycles. The molecule has 2 aromatic carbocycles. The number of aromatic nitrogens is 4. The van der Waals surface area contributed by atoms with Crippen molar-refractivity contribution in [1.82, 2.24) is 20.2 Å². The van der Waals surface area contributed by atoms with E-state index in [1.807, 2.05) is 41.1 Å². The Hall–Kier alpha value is -2.84. The lowest BCUT2D eigenvalue weighted by Crippen LogP contribution is -3.29. The van der Waals surface area contributed by atoms with Crippen LogP contribution in [-0.2, 0) is 6.54 Å². The second kappa shape index (κ2) is 9.97. The molecule has 0 radical (unpaired) electrons. The number of tetrazole rings is 1. The minimum Gasteiger partial charge on any atom is -0.497 e. The van der Waals surface area contributed by atoms with Crippen molar-refractivity contribution in [2.45, 2.75) is 44.3 Å². The average Bonchev–Trinajstić information content (AvgIpc) is 3.55. The lowest BCUT2D eigenvalue weighted by atomic mass is 10.0. The van der Waals surface area contributed by atoms with Gasteiger partial charge in [-0.25, -0.2) is 9.07 Å². The molecule has 2 aliphatic rings. The maximum absolute atomic E-state index is 13.7. The monoisotopic (exact) mass is 452 g/mol. The molecule has 0 spiro atoms. The molecule has 2 N–H and O–H groups in total. The Labute approximate surface area is 194 Å². The highest BCUT2D eigenvalue weighted by atomic mass is 19.1. The van der Waals surface area contributed by atoms with Crippen LogP contribution in [0.2, 0.25) is 0 Å². The Kier molecular flexibility index (Phi) is 6.64. The number of hydrogen-bond acceptors (Lipinski definition) is 4. The maximum Gasteiger partial charge on any atom is 0.214 e. The molecule has 0 unspecified atom stereocenters. The summed E-state index contributed by atoms with van der Waals surface area (Å²) in [6.45, 7) is 5.03. The van der Waals surface area contributed by atoms with E-state index in [2.05, 4.69) is 15.5 Å². The normalized spacial score (nSPS) is 22.4. The van der Waals surface area contributed by atoms with E-state index in [-0.39, 0.29) is 11.9 Å². The number of methoxy groups -OCH3 is 1. The van der Waals surface area contributed by atoms with Crippen LogP contribution in [0.3, 0.4) is 0 Å². The van der Waals surface area contributed by atoms with Crippen molar-refractivity contribution >= 4 is 0 Å². The van der Waals surface area contributed by atoms with E-state index >= 15 is 0 Å². The van der Waals surface area contributed by atoms with Crippen LogP contribution >= 0.6 is 0 Å². The van der Waals surface area contributed by atoms with Gasteiger partial charge in [0.2, 0.25) is 5.82 Å². The highest BCUT2D eigenvalue weighted by Crippen LogP contribution is 2.20. The van der Waals surface area contributed by atoms with E-state index in [0.717, 1.165) is 54.9 Å². The Morgan fingerprint density at radius 2 is 1.70 bits per heavy atom. The van der Waals surface area contributed by atoms with Crippen molar-refractivity contribution in [1.29, 1.82) is 0 Å². The summed E-state index contributed by atoms with van der Waals surface area (Å²) in [5.74, 6) is 1.43. The van der Waals surface area contributed by atoms with Gasteiger partial charge in [-0.2, -0.15) is 0 Å². The highest BCUT2D eigenvalue weighted by molar-refractivity contribution is 5.28. The number of benzene rings is 2. The minimum absolute atomic E-state index is 0.0241. The van der Waals surface area contributed by atoms with Crippen LogP contribution in [0.4, 0.5) is 4.39 Å². The summed E-state index contributed by atoms with van der Waals surface area (Å²) in [5.41, 5.74) is 2.16. The maximum atomic E-state index is 13.7. The van der Waals surface area contributed by atoms with E-state index in [1.54, 1.807) is 24.1 Å². The fourth-order valence-electron chi connectivity index (χ4n) is 5.58. The zero-order valence-electron chi connectivity index (χ0n) is 19.2. The lowest BCUT2D eigenvalue weighted by Gasteiger charge is -2.36. The quantitative estimate of drug-likeness (QED) is 0.554. The third-order valence-corrected chi connectivity index (χ3v) is 7.39. The number of rotatable bonds is 7. The second-order valence-electron chi connectivity index (χ2n) is 9.33. The molecule has 1 aliphatic heterocycles. The van der Waals surface area contributed by atoms with Gasteiger partial charge in [0.05, 0.1) is 19.7 Å². The molecule has 0 amide bonds. The molecule has 174 valence electrons. The number of ether oxygens (including phenoxy) is 1. The fraction of sp³-hybridized carbons (Fsp3) is 0.480. The standard InChI is InChI=1S/C25H31FN6O/c1-33-23-12-6-19(7-13-23)18-32-25(27-28-29-32)24(20-8-10-21(26)11-9-20)31-16-14-30(15-17-31)22-4-2-3-5-22/h6-13,22,24H,2-5,14-18H2,1H3/p+2/t24-/m1/s1. The van der Waals surface area contributed by atoms with Gasteiger partial charge in [0.25, 0.3) is 0 Å². The minimum atomic E-state index is -0.221. The predicted octanol–water partition coefficient (Wildman–Crippen LogP) is 0.685. The molecular formula is C25H33FN6O+2. The van der Waals surface area contributed by atoms with Crippen LogP contribution in [0.1, 0.15) is 48.7 Å². The third kappa shape index (κ3) is 4.91. The van der Waals surface area contributed by atoms with Gasteiger partial charge >= 0.3 is 0 Å². The lowest BCUT2D eigenvalue weighted by molar-refractivity contribution is -1.03. The summed E-state index contributed by atoms with van der Waals surface area (Å²) in [6.07, 6.45) is 5.49. The van der Waals surface area contributed by atoms with Crippen LogP contribution in [0.15, 0.2) is 48.5 Å². The van der Waals surface area contributed by atoms with E-state index in [0.29, 0.717) is 6.54 Å². The summed E-state index contributed by atoms with van der Waals surface area (Å²) >= 11 is 0. The molecule has 33 heavy (non-hydrogen) atoms. The number of piperazine rings is 1. The molecule has 2 fully saturated rings. The second-order valence-corrected chi connectivity index (χ2v) is 9.33. The van der Waals surface area contributed by atoms with E-state index in [1.165, 1.54) is 30.6 Å². The number of nitrogens with one attached hydrogen (secondary N) is 2. The number of hydrogen-bond donors (Lipinski definition) is 2. The van der Waals surface area contributed by atoms with E-state index < -0.39 is 0 Å². The van der Waals surface area contributed by atoms with Crippen molar-refractivity contribution in [3.05, 3.63) is 71.3 Å². The van der Waals surface area contributed by atoms with Gasteiger partial charge in [0.1, 0.15) is 37.7 Å². The Bertz CT molecular complexity index is 1020. The molecule has 1 atom stereocenters. The average molecular weight is 453 g/mol. The molecule has 5 rings (SSSR count). The molecule has 1 saturated heterocycles. The van der Waals surface area contributed by atoms with Gasteiger partial charge in [0.15, 0.2) is 6.04 Å². The third-order valence-electron chi connectivity index (χ3n) is 7.39. The molecule has 8 heteroatoms. The largest absolute Gasteiger partial charge is 0.497 e. The van der Waals surface area contributed by atoms with Gasteiger partial charge in [-0.1, -0.05) is 12.1 Å². The fourth-order valence-corrected chi connectivity index (χ4v) is 5.58. The van der Waals surface area contributed by atoms with Crippen LogP contribution in [0, 0.1) is 5.82 Å². The molecule has 7 nitrogen and oxygen atoms in total. The van der Waals surface area contributed by atoms with Gasteiger partial charge in [0, 0.05) is 5.56 Å². The summed E-state index contributed by atoms with van der Waals surface area (Å²) in [7, 11) is 1.67. The molecular weight excluding hydrogens is 419 g/mol. The van der Waals surface area contributed by atoms with Crippen molar-refractivity contribution in [3.8, 4) is 5.75 Å². The number of nitrogens with zero attached hydrogens (tertiary/aromatic N) is 4. The Balaban J connectivity index is 1.39. The zero-order valence-corrected chi connectivity index (χ0v) is 19.2. The van der Waals surface area contributed by atoms with Crippen LogP contribution < -0.4 is 14.5 Å². The molecule has 1 aromatic heterocycles. The van der Waals surface area contributed by atoms with Crippen molar-refractivity contribution in [3.63, 3.8) is 0 Å². The number of quaternary nitrogens is 2. The molecule has 2 heterocycles.